The lowest BCUT2D eigenvalue weighted by Gasteiger charge is -2.09. The van der Waals surface area contributed by atoms with E-state index in [0.717, 1.165) is 15.4 Å². The van der Waals surface area contributed by atoms with Crippen molar-refractivity contribution in [1.82, 2.24) is 0 Å². The van der Waals surface area contributed by atoms with E-state index in [2.05, 4.69) is 15.9 Å². The number of allylic oxidation sites excluding steroid dienone is 1. The highest BCUT2D eigenvalue weighted by molar-refractivity contribution is 9.10. The number of hydrogen-bond acceptors (Lipinski definition) is 5. The standard InChI is InChI=1S/C25H14BrClO5/c1-13-19(32-25(29)22-12-15-11-16(26)5-7-20(15)30-22)8-6-18-23(28)21(31-24(13)18)10-14-3-2-4-17(27)9-14/h2-12H,1H3/b21-10-. The summed E-state index contributed by atoms with van der Waals surface area (Å²) >= 11 is 9.41. The molecule has 0 radical (unpaired) electrons. The topological polar surface area (TPSA) is 65.7 Å². The Morgan fingerprint density at radius 1 is 1.09 bits per heavy atom. The number of fused-ring (bicyclic) bond motifs is 2. The Hall–Kier alpha value is -3.35. The molecule has 1 aliphatic rings. The van der Waals surface area contributed by atoms with E-state index in [0.29, 0.717) is 27.5 Å². The lowest BCUT2D eigenvalue weighted by Crippen LogP contribution is -2.08. The molecule has 1 aliphatic heterocycles. The van der Waals surface area contributed by atoms with Gasteiger partial charge in [-0.15, -0.1) is 0 Å². The average molecular weight is 510 g/mol. The first kappa shape index (κ1) is 20.5. The number of hydrogen-bond donors (Lipinski definition) is 0. The van der Waals surface area contributed by atoms with E-state index in [1.807, 2.05) is 18.2 Å². The van der Waals surface area contributed by atoms with Gasteiger partial charge in [0.05, 0.1) is 5.56 Å². The Labute approximate surface area is 196 Å². The van der Waals surface area contributed by atoms with E-state index in [4.69, 9.17) is 25.5 Å². The molecule has 32 heavy (non-hydrogen) atoms. The second-order valence-corrected chi connectivity index (χ2v) is 8.59. The van der Waals surface area contributed by atoms with Crippen LogP contribution in [0.25, 0.3) is 17.0 Å². The van der Waals surface area contributed by atoms with E-state index in [9.17, 15) is 9.59 Å². The molecule has 7 heteroatoms. The summed E-state index contributed by atoms with van der Waals surface area (Å²) in [6.45, 7) is 1.73. The molecule has 0 aliphatic carbocycles. The number of carbonyl (C=O) groups excluding carboxylic acids is 2. The van der Waals surface area contributed by atoms with Gasteiger partial charge in [-0.1, -0.05) is 39.7 Å². The molecule has 158 valence electrons. The van der Waals surface area contributed by atoms with Crippen LogP contribution in [0.1, 0.15) is 32.0 Å². The molecule has 5 nitrogen and oxygen atoms in total. The van der Waals surface area contributed by atoms with Gasteiger partial charge in [0.25, 0.3) is 0 Å². The van der Waals surface area contributed by atoms with Crippen molar-refractivity contribution in [3.05, 3.63) is 98.4 Å². The van der Waals surface area contributed by atoms with Crippen LogP contribution >= 0.6 is 27.5 Å². The van der Waals surface area contributed by atoms with Crippen molar-refractivity contribution in [1.29, 1.82) is 0 Å². The number of ketones is 1. The Morgan fingerprint density at radius 2 is 1.94 bits per heavy atom. The number of esters is 1. The third-order valence-corrected chi connectivity index (χ3v) is 5.79. The number of ether oxygens (including phenoxy) is 2. The Kier molecular flexibility index (Phi) is 5.12. The summed E-state index contributed by atoms with van der Waals surface area (Å²) in [5.41, 5.74) is 2.27. The maximum absolute atomic E-state index is 12.8. The number of rotatable bonds is 3. The van der Waals surface area contributed by atoms with Crippen LogP contribution in [0.3, 0.4) is 0 Å². The van der Waals surface area contributed by atoms with Crippen LogP contribution in [-0.4, -0.2) is 11.8 Å². The van der Waals surface area contributed by atoms with Crippen LogP contribution in [-0.2, 0) is 0 Å². The fraction of sp³-hybridized carbons (Fsp3) is 0.0400. The molecule has 0 bridgehead atoms. The van der Waals surface area contributed by atoms with E-state index in [1.54, 1.807) is 55.5 Å². The first-order chi connectivity index (χ1) is 15.4. The first-order valence-electron chi connectivity index (χ1n) is 9.64. The van der Waals surface area contributed by atoms with Crippen LogP contribution in [0.15, 0.2) is 75.3 Å². The summed E-state index contributed by atoms with van der Waals surface area (Å²) in [5.74, 6) is 0.0192. The fourth-order valence-corrected chi connectivity index (χ4v) is 4.07. The van der Waals surface area contributed by atoms with Crippen molar-refractivity contribution in [3.8, 4) is 11.5 Å². The largest absolute Gasteiger partial charge is 0.452 e. The van der Waals surface area contributed by atoms with Gasteiger partial charge in [-0.2, -0.15) is 0 Å². The fourth-order valence-electron chi connectivity index (χ4n) is 3.49. The number of furan rings is 1. The molecule has 0 saturated carbocycles. The SMILES string of the molecule is Cc1c(OC(=O)c2cc3cc(Br)ccc3o2)ccc2c1O/C(=C\c1cccc(Cl)c1)C2=O. The summed E-state index contributed by atoms with van der Waals surface area (Å²) < 4.78 is 17.9. The highest BCUT2D eigenvalue weighted by Gasteiger charge is 2.31. The second-order valence-electron chi connectivity index (χ2n) is 7.24. The molecule has 5 rings (SSSR count). The minimum Gasteiger partial charge on any atom is -0.452 e. The molecule has 2 heterocycles. The lowest BCUT2D eigenvalue weighted by atomic mass is 10.1. The zero-order valence-corrected chi connectivity index (χ0v) is 19.0. The van der Waals surface area contributed by atoms with Crippen molar-refractivity contribution in [2.75, 3.05) is 0 Å². The van der Waals surface area contributed by atoms with Crippen LogP contribution in [0.5, 0.6) is 11.5 Å². The highest BCUT2D eigenvalue weighted by Crippen LogP contribution is 2.39. The summed E-state index contributed by atoms with van der Waals surface area (Å²) in [5, 5.41) is 1.34. The predicted octanol–water partition coefficient (Wildman–Crippen LogP) is 6.99. The monoisotopic (exact) mass is 508 g/mol. The van der Waals surface area contributed by atoms with E-state index in [1.165, 1.54) is 0 Å². The molecule has 3 aromatic carbocycles. The van der Waals surface area contributed by atoms with Crippen LogP contribution in [0.2, 0.25) is 5.02 Å². The van der Waals surface area contributed by atoms with Gasteiger partial charge in [0.2, 0.25) is 11.5 Å². The van der Waals surface area contributed by atoms with Gasteiger partial charge < -0.3 is 13.9 Å². The van der Waals surface area contributed by atoms with Crippen molar-refractivity contribution in [3.63, 3.8) is 0 Å². The van der Waals surface area contributed by atoms with Crippen molar-refractivity contribution < 1.29 is 23.5 Å². The molecular formula is C25H14BrClO5. The lowest BCUT2D eigenvalue weighted by molar-refractivity contribution is 0.0702. The van der Waals surface area contributed by atoms with Gasteiger partial charge in [-0.3, -0.25) is 4.79 Å². The van der Waals surface area contributed by atoms with Gasteiger partial charge in [0, 0.05) is 20.4 Å². The smallest absolute Gasteiger partial charge is 0.379 e. The zero-order valence-electron chi connectivity index (χ0n) is 16.6. The summed E-state index contributed by atoms with van der Waals surface area (Å²) in [4.78, 5) is 25.4. The predicted molar refractivity (Wildman–Crippen MR) is 124 cm³/mol. The average Bonchev–Trinajstić information content (AvgIpc) is 3.32. The minimum absolute atomic E-state index is 0.0801. The quantitative estimate of drug-likeness (QED) is 0.169. The van der Waals surface area contributed by atoms with Gasteiger partial charge in [0.1, 0.15) is 17.1 Å². The molecule has 0 unspecified atom stereocenters. The van der Waals surface area contributed by atoms with E-state index >= 15 is 0 Å². The van der Waals surface area contributed by atoms with Gasteiger partial charge >= 0.3 is 5.97 Å². The van der Waals surface area contributed by atoms with Gasteiger partial charge in [0.15, 0.2) is 5.76 Å². The summed E-state index contributed by atoms with van der Waals surface area (Å²) in [6, 6.07) is 17.3. The molecule has 1 aromatic heterocycles. The van der Waals surface area contributed by atoms with Crippen molar-refractivity contribution in [2.45, 2.75) is 6.92 Å². The third-order valence-electron chi connectivity index (χ3n) is 5.07. The highest BCUT2D eigenvalue weighted by atomic mass is 79.9. The number of Topliss-reactive ketones (excluding diaryl/α,β-unsaturated/α-hetero) is 1. The molecule has 0 saturated heterocycles. The Morgan fingerprint density at radius 3 is 2.75 bits per heavy atom. The van der Waals surface area contributed by atoms with Crippen molar-refractivity contribution >= 4 is 56.3 Å². The van der Waals surface area contributed by atoms with Crippen LogP contribution in [0, 0.1) is 6.92 Å². The molecule has 0 atom stereocenters. The number of benzene rings is 3. The van der Waals surface area contributed by atoms with Crippen molar-refractivity contribution in [2.24, 2.45) is 0 Å². The van der Waals surface area contributed by atoms with E-state index in [-0.39, 0.29) is 23.1 Å². The number of carbonyl (C=O) groups is 2. The molecule has 0 spiro atoms. The molecule has 0 N–H and O–H groups in total. The first-order valence-corrected chi connectivity index (χ1v) is 10.8. The second kappa shape index (κ2) is 7.97. The molecule has 0 amide bonds. The minimum atomic E-state index is -0.639. The Bertz CT molecular complexity index is 1450. The Balaban J connectivity index is 1.42. The molecule has 0 fully saturated rings. The molecule has 4 aromatic rings. The summed E-state index contributed by atoms with van der Waals surface area (Å²) in [6.07, 6.45) is 1.63. The van der Waals surface area contributed by atoms with Gasteiger partial charge in [-0.05, 0) is 67.1 Å². The van der Waals surface area contributed by atoms with E-state index < -0.39 is 5.97 Å². The van der Waals surface area contributed by atoms with Crippen LogP contribution < -0.4 is 9.47 Å². The molecular weight excluding hydrogens is 496 g/mol. The maximum Gasteiger partial charge on any atom is 0.379 e. The summed E-state index contributed by atoms with van der Waals surface area (Å²) in [7, 11) is 0. The van der Waals surface area contributed by atoms with Crippen LogP contribution in [0.4, 0.5) is 0 Å². The normalized spacial score (nSPS) is 14.0. The van der Waals surface area contributed by atoms with Gasteiger partial charge in [-0.25, -0.2) is 4.79 Å². The zero-order chi connectivity index (χ0) is 22.4. The third kappa shape index (κ3) is 3.72. The number of halogens is 2. The maximum atomic E-state index is 12.8.